The molecule has 0 saturated carbocycles. The summed E-state index contributed by atoms with van der Waals surface area (Å²) >= 11 is 1.68. The lowest BCUT2D eigenvalue weighted by Crippen LogP contribution is -2.52. The van der Waals surface area contributed by atoms with Crippen LogP contribution in [0.4, 0.5) is 0 Å². The second-order valence-corrected chi connectivity index (χ2v) is 7.54. The number of aryl methyl sites for hydroxylation is 1. The Balaban J connectivity index is 1.54. The molecule has 1 atom stereocenters. The maximum Gasteiger partial charge on any atom is 0.339 e. The predicted molar refractivity (Wildman–Crippen MR) is 98.9 cm³/mol. The third-order valence-corrected chi connectivity index (χ3v) is 5.25. The number of thioether (sulfide) groups is 1. The Morgan fingerprint density at radius 2 is 1.92 bits per heavy atom. The molecule has 1 N–H and O–H groups in total. The molecule has 2 aromatic rings. The van der Waals surface area contributed by atoms with Crippen LogP contribution in [0.25, 0.3) is 0 Å². The van der Waals surface area contributed by atoms with E-state index in [2.05, 4.69) is 36.5 Å². The second-order valence-electron chi connectivity index (χ2n) is 6.37. The highest BCUT2D eigenvalue weighted by Gasteiger charge is 2.42. The van der Waals surface area contributed by atoms with Gasteiger partial charge in [-0.25, -0.2) is 4.79 Å². The van der Waals surface area contributed by atoms with E-state index in [4.69, 9.17) is 4.74 Å². The summed E-state index contributed by atoms with van der Waals surface area (Å²) in [6.07, 6.45) is 0.395. The zero-order valence-electron chi connectivity index (χ0n) is 14.4. The minimum absolute atomic E-state index is 0.250. The van der Waals surface area contributed by atoms with Gasteiger partial charge in [0.25, 0.3) is 5.91 Å². The molecule has 130 valence electrons. The van der Waals surface area contributed by atoms with Gasteiger partial charge < -0.3 is 10.1 Å². The number of hydrogen-bond donors (Lipinski definition) is 1. The van der Waals surface area contributed by atoms with Crippen LogP contribution in [-0.4, -0.2) is 29.8 Å². The number of esters is 1. The molecule has 0 aromatic heterocycles. The molecule has 1 aliphatic heterocycles. The lowest BCUT2D eigenvalue weighted by Gasteiger charge is -2.33. The van der Waals surface area contributed by atoms with Crippen molar-refractivity contribution in [1.29, 1.82) is 0 Å². The first-order valence-electron chi connectivity index (χ1n) is 8.27. The number of ether oxygens (including phenoxy) is 1. The van der Waals surface area contributed by atoms with Gasteiger partial charge in [0.1, 0.15) is 0 Å². The molecule has 25 heavy (non-hydrogen) atoms. The molecule has 0 spiro atoms. The SMILES string of the molecule is Cc1ccc(SCCNC(=O)C2(C)Cc3ccccc3C(=O)O2)cc1. The van der Waals surface area contributed by atoms with Gasteiger partial charge in [0.15, 0.2) is 5.60 Å². The van der Waals surface area contributed by atoms with Gasteiger partial charge in [0, 0.05) is 23.6 Å². The molecule has 1 aliphatic rings. The van der Waals surface area contributed by atoms with Gasteiger partial charge in [-0.15, -0.1) is 11.8 Å². The average molecular weight is 355 g/mol. The number of hydrogen-bond acceptors (Lipinski definition) is 4. The molecule has 0 aliphatic carbocycles. The van der Waals surface area contributed by atoms with Crippen LogP contribution in [-0.2, 0) is 16.0 Å². The Kier molecular flexibility index (Phi) is 5.13. The topological polar surface area (TPSA) is 55.4 Å². The van der Waals surface area contributed by atoms with Crippen molar-refractivity contribution in [3.8, 4) is 0 Å². The van der Waals surface area contributed by atoms with Crippen molar-refractivity contribution in [1.82, 2.24) is 5.32 Å². The number of carbonyl (C=O) groups is 2. The molecule has 4 nitrogen and oxygen atoms in total. The maximum atomic E-state index is 12.5. The van der Waals surface area contributed by atoms with Crippen molar-refractivity contribution < 1.29 is 14.3 Å². The number of carbonyl (C=O) groups excluding carboxylic acids is 2. The van der Waals surface area contributed by atoms with Crippen LogP contribution in [0.3, 0.4) is 0 Å². The fraction of sp³-hybridized carbons (Fsp3) is 0.300. The summed E-state index contributed by atoms with van der Waals surface area (Å²) in [7, 11) is 0. The van der Waals surface area contributed by atoms with E-state index in [0.717, 1.165) is 11.3 Å². The quantitative estimate of drug-likeness (QED) is 0.507. The minimum Gasteiger partial charge on any atom is -0.445 e. The van der Waals surface area contributed by atoms with Crippen LogP contribution in [0.2, 0.25) is 0 Å². The van der Waals surface area contributed by atoms with Crippen molar-refractivity contribution in [3.63, 3.8) is 0 Å². The summed E-state index contributed by atoms with van der Waals surface area (Å²) in [4.78, 5) is 25.8. The highest BCUT2D eigenvalue weighted by molar-refractivity contribution is 7.99. The summed E-state index contributed by atoms with van der Waals surface area (Å²) in [5.41, 5.74) is 1.47. The zero-order valence-corrected chi connectivity index (χ0v) is 15.2. The first kappa shape index (κ1) is 17.5. The molecule has 0 saturated heterocycles. The number of benzene rings is 2. The van der Waals surface area contributed by atoms with E-state index in [-0.39, 0.29) is 5.91 Å². The van der Waals surface area contributed by atoms with E-state index in [9.17, 15) is 9.59 Å². The molecule has 1 heterocycles. The Hall–Kier alpha value is -2.27. The van der Waals surface area contributed by atoms with Gasteiger partial charge in [-0.05, 0) is 37.6 Å². The monoisotopic (exact) mass is 355 g/mol. The first-order valence-corrected chi connectivity index (χ1v) is 9.25. The molecule has 0 fully saturated rings. The molecule has 2 aromatic carbocycles. The number of fused-ring (bicyclic) bond motifs is 1. The smallest absolute Gasteiger partial charge is 0.339 e. The molecule has 0 bridgehead atoms. The number of rotatable bonds is 5. The third-order valence-electron chi connectivity index (χ3n) is 4.24. The average Bonchev–Trinajstić information content (AvgIpc) is 2.60. The van der Waals surface area contributed by atoms with Gasteiger partial charge in [-0.1, -0.05) is 35.9 Å². The second kappa shape index (κ2) is 7.31. The van der Waals surface area contributed by atoms with Crippen LogP contribution in [0.5, 0.6) is 0 Å². The van der Waals surface area contributed by atoms with Crippen molar-refractivity contribution in [2.24, 2.45) is 0 Å². The Labute approximate surface area is 152 Å². The lowest BCUT2D eigenvalue weighted by atomic mass is 9.89. The van der Waals surface area contributed by atoms with Crippen molar-refractivity contribution in [2.75, 3.05) is 12.3 Å². The fourth-order valence-corrected chi connectivity index (χ4v) is 3.58. The van der Waals surface area contributed by atoms with Crippen LogP contribution in [0, 0.1) is 6.92 Å². The molecule has 1 amide bonds. The first-order chi connectivity index (χ1) is 12.0. The van der Waals surface area contributed by atoms with Gasteiger partial charge in [0.2, 0.25) is 0 Å². The van der Waals surface area contributed by atoms with Crippen LogP contribution < -0.4 is 5.32 Å². The number of amides is 1. The van der Waals surface area contributed by atoms with Crippen molar-refractivity contribution >= 4 is 23.6 Å². The Morgan fingerprint density at radius 1 is 1.20 bits per heavy atom. The summed E-state index contributed by atoms with van der Waals surface area (Å²) in [5.74, 6) is 0.0727. The zero-order chi connectivity index (χ0) is 17.9. The van der Waals surface area contributed by atoms with E-state index in [0.29, 0.717) is 18.5 Å². The minimum atomic E-state index is -1.15. The summed E-state index contributed by atoms with van der Waals surface area (Å²) in [6, 6.07) is 15.6. The van der Waals surface area contributed by atoms with Gasteiger partial charge in [-0.2, -0.15) is 0 Å². The molecule has 1 unspecified atom stereocenters. The standard InChI is InChI=1S/C20H21NO3S/c1-14-7-9-16(10-8-14)25-12-11-21-19(23)20(2)13-15-5-3-4-6-17(15)18(22)24-20/h3-10H,11-13H2,1-2H3,(H,21,23). The van der Waals surface area contributed by atoms with Gasteiger partial charge >= 0.3 is 5.97 Å². The van der Waals surface area contributed by atoms with E-state index in [1.54, 1.807) is 30.8 Å². The van der Waals surface area contributed by atoms with E-state index in [1.807, 2.05) is 12.1 Å². The maximum absolute atomic E-state index is 12.5. The highest BCUT2D eigenvalue weighted by Crippen LogP contribution is 2.28. The molecular formula is C20H21NO3S. The normalized spacial score (nSPS) is 19.0. The third kappa shape index (κ3) is 4.04. The van der Waals surface area contributed by atoms with E-state index < -0.39 is 11.6 Å². The Morgan fingerprint density at radius 3 is 2.68 bits per heavy atom. The summed E-state index contributed by atoms with van der Waals surface area (Å²) in [5, 5.41) is 2.89. The van der Waals surface area contributed by atoms with Crippen LogP contribution in [0.15, 0.2) is 53.4 Å². The lowest BCUT2D eigenvalue weighted by molar-refractivity contribution is -0.139. The van der Waals surface area contributed by atoms with E-state index >= 15 is 0 Å². The van der Waals surface area contributed by atoms with Gasteiger partial charge in [0.05, 0.1) is 5.56 Å². The van der Waals surface area contributed by atoms with Gasteiger partial charge in [-0.3, -0.25) is 4.79 Å². The number of cyclic esters (lactones) is 1. The molecule has 3 rings (SSSR count). The Bertz CT molecular complexity index is 788. The van der Waals surface area contributed by atoms with Crippen LogP contribution in [0.1, 0.15) is 28.4 Å². The van der Waals surface area contributed by atoms with Crippen molar-refractivity contribution in [3.05, 3.63) is 65.2 Å². The van der Waals surface area contributed by atoms with Crippen molar-refractivity contribution in [2.45, 2.75) is 30.8 Å². The van der Waals surface area contributed by atoms with E-state index in [1.165, 1.54) is 10.5 Å². The number of nitrogens with one attached hydrogen (secondary N) is 1. The summed E-state index contributed by atoms with van der Waals surface area (Å²) in [6.45, 7) is 4.24. The largest absolute Gasteiger partial charge is 0.445 e. The summed E-state index contributed by atoms with van der Waals surface area (Å²) < 4.78 is 5.43. The highest BCUT2D eigenvalue weighted by atomic mass is 32.2. The predicted octanol–water partition coefficient (Wildman–Crippen LogP) is 3.38. The molecule has 5 heteroatoms. The molecule has 0 radical (unpaired) electrons. The fourth-order valence-electron chi connectivity index (χ4n) is 2.81. The van der Waals surface area contributed by atoms with Crippen LogP contribution >= 0.6 is 11.8 Å². The molecular weight excluding hydrogens is 334 g/mol.